The van der Waals surface area contributed by atoms with E-state index >= 15 is 0 Å². The average Bonchev–Trinajstić information content (AvgIpc) is 2.70. The number of hydrogen-bond acceptors (Lipinski definition) is 2. The molecule has 0 bridgehead atoms. The van der Waals surface area contributed by atoms with Gasteiger partial charge in [-0.3, -0.25) is 0 Å². The van der Waals surface area contributed by atoms with Gasteiger partial charge in [0.25, 0.3) is 0 Å². The van der Waals surface area contributed by atoms with Gasteiger partial charge < -0.3 is 15.3 Å². The number of aliphatic hydroxyl groups is 1. The van der Waals surface area contributed by atoms with Gasteiger partial charge in [0.15, 0.2) is 0 Å². The molecular formula is C13H18N2O2. The standard InChI is InChI=1S/C13H18N2O2/c1-9-4-3-5-10(2)12(9)14-13(17)15-7-6-11(16)8-15/h3-5,11,16H,6-8H2,1-2H3,(H,14,17)/t11-/m1/s1. The molecule has 1 aromatic carbocycles. The van der Waals surface area contributed by atoms with Crippen LogP contribution in [0.2, 0.25) is 0 Å². The Bertz CT molecular complexity index is 411. The molecule has 0 spiro atoms. The number of β-amino-alcohol motifs (C(OH)–C–C–N with tert-alkyl or cyclic N) is 1. The van der Waals surface area contributed by atoms with Crippen molar-refractivity contribution in [1.29, 1.82) is 0 Å². The van der Waals surface area contributed by atoms with E-state index in [1.807, 2.05) is 32.0 Å². The van der Waals surface area contributed by atoms with Crippen molar-refractivity contribution in [2.75, 3.05) is 18.4 Å². The second-order valence-electron chi connectivity index (χ2n) is 4.59. The van der Waals surface area contributed by atoms with Gasteiger partial charge in [-0.25, -0.2) is 4.79 Å². The van der Waals surface area contributed by atoms with Crippen LogP contribution in [0.4, 0.5) is 10.5 Å². The highest BCUT2D eigenvalue weighted by molar-refractivity contribution is 5.91. The van der Waals surface area contributed by atoms with Gasteiger partial charge in [-0.2, -0.15) is 0 Å². The Morgan fingerprint density at radius 2 is 2.06 bits per heavy atom. The van der Waals surface area contributed by atoms with Gasteiger partial charge in [0.05, 0.1) is 6.10 Å². The molecule has 0 saturated carbocycles. The van der Waals surface area contributed by atoms with Gasteiger partial charge in [0.1, 0.15) is 0 Å². The molecule has 1 aliphatic heterocycles. The van der Waals surface area contributed by atoms with E-state index in [1.54, 1.807) is 4.90 Å². The number of para-hydroxylation sites is 1. The summed E-state index contributed by atoms with van der Waals surface area (Å²) in [6, 6.07) is 5.79. The largest absolute Gasteiger partial charge is 0.391 e. The third-order valence-electron chi connectivity index (χ3n) is 3.16. The zero-order chi connectivity index (χ0) is 12.4. The number of carbonyl (C=O) groups excluding carboxylic acids is 1. The third kappa shape index (κ3) is 2.58. The Hall–Kier alpha value is -1.55. The summed E-state index contributed by atoms with van der Waals surface area (Å²) in [6.45, 7) is 5.00. The van der Waals surface area contributed by atoms with E-state index in [1.165, 1.54) is 0 Å². The number of benzene rings is 1. The van der Waals surface area contributed by atoms with Gasteiger partial charge in [-0.05, 0) is 31.4 Å². The second-order valence-corrected chi connectivity index (χ2v) is 4.59. The van der Waals surface area contributed by atoms with Crippen LogP contribution in [0.1, 0.15) is 17.5 Å². The SMILES string of the molecule is Cc1cccc(C)c1NC(=O)N1CC[C@@H](O)C1. The minimum atomic E-state index is -0.376. The van der Waals surface area contributed by atoms with Gasteiger partial charge >= 0.3 is 6.03 Å². The highest BCUT2D eigenvalue weighted by atomic mass is 16.3. The molecule has 1 aromatic rings. The van der Waals surface area contributed by atoms with Crippen LogP contribution in [-0.2, 0) is 0 Å². The minimum Gasteiger partial charge on any atom is -0.391 e. The summed E-state index contributed by atoms with van der Waals surface area (Å²) in [7, 11) is 0. The van der Waals surface area contributed by atoms with Crippen molar-refractivity contribution in [3.05, 3.63) is 29.3 Å². The smallest absolute Gasteiger partial charge is 0.321 e. The van der Waals surface area contributed by atoms with E-state index in [2.05, 4.69) is 5.32 Å². The van der Waals surface area contributed by atoms with Gasteiger partial charge in [-0.1, -0.05) is 18.2 Å². The molecule has 0 radical (unpaired) electrons. The van der Waals surface area contributed by atoms with E-state index in [4.69, 9.17) is 0 Å². The van der Waals surface area contributed by atoms with E-state index in [9.17, 15) is 9.90 Å². The number of aliphatic hydroxyl groups excluding tert-OH is 1. The van der Waals surface area contributed by atoms with Gasteiger partial charge in [0.2, 0.25) is 0 Å². The highest BCUT2D eigenvalue weighted by Gasteiger charge is 2.24. The lowest BCUT2D eigenvalue weighted by Gasteiger charge is -2.18. The number of likely N-dealkylation sites (tertiary alicyclic amines) is 1. The van der Waals surface area contributed by atoms with Gasteiger partial charge in [0, 0.05) is 18.8 Å². The maximum Gasteiger partial charge on any atom is 0.321 e. The first kappa shape index (κ1) is 11.9. The van der Waals surface area contributed by atoms with Crippen molar-refractivity contribution in [2.24, 2.45) is 0 Å². The van der Waals surface area contributed by atoms with Crippen molar-refractivity contribution in [3.8, 4) is 0 Å². The first-order valence-corrected chi connectivity index (χ1v) is 5.88. The lowest BCUT2D eigenvalue weighted by Crippen LogP contribution is -2.34. The minimum absolute atomic E-state index is 0.126. The van der Waals surface area contributed by atoms with Crippen molar-refractivity contribution in [3.63, 3.8) is 0 Å². The fraction of sp³-hybridized carbons (Fsp3) is 0.462. The zero-order valence-electron chi connectivity index (χ0n) is 10.2. The molecule has 4 heteroatoms. The number of nitrogens with zero attached hydrogens (tertiary/aromatic N) is 1. The number of anilines is 1. The Morgan fingerprint density at radius 3 is 2.59 bits per heavy atom. The fourth-order valence-electron chi connectivity index (χ4n) is 2.12. The summed E-state index contributed by atoms with van der Waals surface area (Å²) < 4.78 is 0. The summed E-state index contributed by atoms with van der Waals surface area (Å²) in [6.07, 6.45) is 0.291. The summed E-state index contributed by atoms with van der Waals surface area (Å²) in [5.74, 6) is 0. The lowest BCUT2D eigenvalue weighted by atomic mass is 10.1. The quantitative estimate of drug-likeness (QED) is 0.779. The van der Waals surface area contributed by atoms with Gasteiger partial charge in [-0.15, -0.1) is 0 Å². The average molecular weight is 234 g/mol. The van der Waals surface area contributed by atoms with Crippen LogP contribution >= 0.6 is 0 Å². The molecule has 2 N–H and O–H groups in total. The van der Waals surface area contributed by atoms with Crippen LogP contribution in [0, 0.1) is 13.8 Å². The maximum atomic E-state index is 12.0. The fourth-order valence-corrected chi connectivity index (χ4v) is 2.12. The van der Waals surface area contributed by atoms with Crippen molar-refractivity contribution < 1.29 is 9.90 Å². The normalized spacial score (nSPS) is 19.5. The highest BCUT2D eigenvalue weighted by Crippen LogP contribution is 2.20. The number of nitrogens with one attached hydrogen (secondary N) is 1. The molecule has 1 saturated heterocycles. The van der Waals surface area contributed by atoms with E-state index in [0.29, 0.717) is 19.5 Å². The number of rotatable bonds is 1. The Balaban J connectivity index is 2.08. The molecular weight excluding hydrogens is 216 g/mol. The summed E-state index contributed by atoms with van der Waals surface area (Å²) >= 11 is 0. The van der Waals surface area contributed by atoms with E-state index in [0.717, 1.165) is 16.8 Å². The van der Waals surface area contributed by atoms with E-state index < -0.39 is 0 Å². The van der Waals surface area contributed by atoms with Crippen LogP contribution in [0.25, 0.3) is 0 Å². The summed E-state index contributed by atoms with van der Waals surface area (Å²) in [4.78, 5) is 13.6. The van der Waals surface area contributed by atoms with Crippen LogP contribution in [0.5, 0.6) is 0 Å². The van der Waals surface area contributed by atoms with Crippen LogP contribution in [0.3, 0.4) is 0 Å². The first-order valence-electron chi connectivity index (χ1n) is 5.88. The maximum absolute atomic E-state index is 12.0. The molecule has 0 aliphatic carbocycles. The first-order chi connectivity index (χ1) is 8.08. The lowest BCUT2D eigenvalue weighted by molar-refractivity contribution is 0.176. The predicted molar refractivity (Wildman–Crippen MR) is 67.1 cm³/mol. The Labute approximate surface area is 101 Å². The number of aryl methyl sites for hydroxylation is 2. The molecule has 17 heavy (non-hydrogen) atoms. The zero-order valence-corrected chi connectivity index (χ0v) is 10.2. The van der Waals surface area contributed by atoms with Crippen molar-refractivity contribution in [1.82, 2.24) is 4.90 Å². The third-order valence-corrected chi connectivity index (χ3v) is 3.16. The van der Waals surface area contributed by atoms with E-state index in [-0.39, 0.29) is 12.1 Å². The van der Waals surface area contributed by atoms with Crippen molar-refractivity contribution in [2.45, 2.75) is 26.4 Å². The molecule has 4 nitrogen and oxygen atoms in total. The molecule has 0 aromatic heterocycles. The molecule has 1 heterocycles. The molecule has 1 aliphatic rings. The molecule has 2 amide bonds. The van der Waals surface area contributed by atoms with Crippen LogP contribution in [0.15, 0.2) is 18.2 Å². The molecule has 92 valence electrons. The summed E-state index contributed by atoms with van der Waals surface area (Å²) in [5.41, 5.74) is 2.98. The topological polar surface area (TPSA) is 52.6 Å². The van der Waals surface area contributed by atoms with Crippen molar-refractivity contribution >= 4 is 11.7 Å². The molecule has 1 fully saturated rings. The van der Waals surface area contributed by atoms with Crippen LogP contribution in [-0.4, -0.2) is 35.2 Å². The number of carbonyl (C=O) groups is 1. The van der Waals surface area contributed by atoms with Crippen LogP contribution < -0.4 is 5.32 Å². The second kappa shape index (κ2) is 4.75. The number of hydrogen-bond donors (Lipinski definition) is 2. The Morgan fingerprint density at radius 1 is 1.41 bits per heavy atom. The monoisotopic (exact) mass is 234 g/mol. The summed E-state index contributed by atoms with van der Waals surface area (Å²) in [5, 5.41) is 12.3. The molecule has 1 atom stereocenters. The molecule has 2 rings (SSSR count). The number of amides is 2. The predicted octanol–water partition coefficient (Wildman–Crippen LogP) is 1.90. The number of urea groups is 1. The Kier molecular flexibility index (Phi) is 3.33. The molecule has 0 unspecified atom stereocenters.